The molecule has 0 aromatic heterocycles. The number of hydrogen-bond acceptors (Lipinski definition) is 5. The molecule has 2 radical (unpaired) electrons. The van der Waals surface area contributed by atoms with Crippen LogP contribution in [-0.4, -0.2) is 17.1 Å². The smallest absolute Gasteiger partial charge is 0.386 e. The van der Waals surface area contributed by atoms with Gasteiger partial charge >= 0.3 is 7.82 Å². The predicted molar refractivity (Wildman–Crippen MR) is 107 cm³/mol. The zero-order chi connectivity index (χ0) is 18.7. The molecule has 0 heterocycles. The maximum atomic E-state index is 13.1. The number of phosphoric ester groups is 1. The van der Waals surface area contributed by atoms with Gasteiger partial charge in [0.2, 0.25) is 0 Å². The van der Waals surface area contributed by atoms with E-state index in [0.29, 0.717) is 17.2 Å². The molecule has 0 aliphatic carbocycles. The van der Waals surface area contributed by atoms with E-state index in [2.05, 4.69) is 27.6 Å². The Kier molecular flexibility index (Phi) is 11.0. The third-order valence-electron chi connectivity index (χ3n) is 2.88. The van der Waals surface area contributed by atoms with Crippen LogP contribution in [0.15, 0.2) is 91.0 Å². The Labute approximate surface area is 178 Å². The van der Waals surface area contributed by atoms with Gasteiger partial charge in [0.25, 0.3) is 0 Å². The molecule has 0 bridgehead atoms. The molecule has 5 nitrogen and oxygen atoms in total. The summed E-state index contributed by atoms with van der Waals surface area (Å²) in [5.41, 5.74) is 0. The number of hydrogen-bond donors (Lipinski definition) is 0. The maximum Gasteiger partial charge on any atom is 0.647 e. The second kappa shape index (κ2) is 12.7. The minimum atomic E-state index is -3.89. The molecule has 0 spiro atoms. The van der Waals surface area contributed by atoms with E-state index >= 15 is 0 Å². The Balaban J connectivity index is 0.000000855. The molecule has 0 aliphatic heterocycles. The van der Waals surface area contributed by atoms with Crippen molar-refractivity contribution in [2.45, 2.75) is 0 Å². The van der Waals surface area contributed by atoms with Gasteiger partial charge in [-0.1, -0.05) is 54.6 Å². The van der Waals surface area contributed by atoms with Gasteiger partial charge in [0.15, 0.2) is 0 Å². The average Bonchev–Trinajstić information content (AvgIpc) is 2.64. The van der Waals surface area contributed by atoms with E-state index < -0.39 is 7.82 Å². The fraction of sp³-hybridized carbons (Fsp3) is 0. The molecule has 3 aromatic carbocycles. The first kappa shape index (κ1) is 23.4. The van der Waals surface area contributed by atoms with Crippen molar-refractivity contribution in [2.75, 3.05) is 0 Å². The molecule has 9 heteroatoms. The molecule has 0 N–H and O–H groups in total. The molecule has 3 aromatic rings. The topological polar surface area (TPSA) is 54.0 Å². The molecule has 0 amide bonds. The zero-order valence-corrected chi connectivity index (χ0v) is 17.9. The molecule has 0 aliphatic rings. The van der Waals surface area contributed by atoms with Crippen LogP contribution in [0.4, 0.5) is 0 Å². The molecule has 3 rings (SSSR count). The summed E-state index contributed by atoms with van der Waals surface area (Å²) in [4.78, 5) is 0. The first-order chi connectivity index (χ1) is 12.6. The van der Waals surface area contributed by atoms with E-state index in [0.717, 1.165) is 0 Å². The molecule has 0 saturated heterocycles. The molecular formula is C18H15Cl2O5PSe. The maximum absolute atomic E-state index is 13.1. The summed E-state index contributed by atoms with van der Waals surface area (Å²) in [5.74, 6) is 1.22. The average molecular weight is 492 g/mol. The van der Waals surface area contributed by atoms with Crippen LogP contribution in [0.1, 0.15) is 0 Å². The molecule has 0 fully saturated rings. The summed E-state index contributed by atoms with van der Waals surface area (Å²) in [6, 6.07) is 26.4. The second-order valence-corrected chi connectivity index (χ2v) is 6.63. The largest absolute Gasteiger partial charge is 0.647 e. The van der Waals surface area contributed by atoms with Crippen LogP contribution < -0.4 is 13.6 Å². The van der Waals surface area contributed by atoms with Gasteiger partial charge in [-0.25, -0.2) is 0 Å². The van der Waals surface area contributed by atoms with Gasteiger partial charge in [0.05, 0.1) is 23.7 Å². The van der Waals surface area contributed by atoms with Crippen molar-refractivity contribution in [1.29, 1.82) is 0 Å². The van der Waals surface area contributed by atoms with Crippen LogP contribution >= 0.6 is 31.6 Å². The van der Waals surface area contributed by atoms with E-state index in [1.165, 1.54) is 0 Å². The Morgan fingerprint density at radius 3 is 1.00 bits per heavy atom. The van der Waals surface area contributed by atoms with Crippen LogP contribution in [0.2, 0.25) is 0 Å². The van der Waals surface area contributed by atoms with E-state index in [1.54, 1.807) is 72.8 Å². The van der Waals surface area contributed by atoms with Crippen LogP contribution in [-0.2, 0) is 8.41 Å². The SMILES string of the molecule is ClOCl.O=P(Oc1ccccc1)(Oc1ccccc1)Oc1ccccc1.[Se]. The number of halogens is 2. The van der Waals surface area contributed by atoms with Crippen LogP contribution in [0.3, 0.4) is 0 Å². The summed E-state index contributed by atoms with van der Waals surface area (Å²) in [6.45, 7) is 0. The van der Waals surface area contributed by atoms with Crippen molar-refractivity contribution < 1.29 is 22.0 Å². The van der Waals surface area contributed by atoms with E-state index in [4.69, 9.17) is 13.6 Å². The molecule has 0 saturated carbocycles. The summed E-state index contributed by atoms with van der Waals surface area (Å²) in [6.07, 6.45) is 0. The van der Waals surface area contributed by atoms with Gasteiger partial charge in [-0.2, -0.15) is 8.41 Å². The Hall–Kier alpha value is -1.65. The minimum absolute atomic E-state index is 0. The van der Waals surface area contributed by atoms with Crippen molar-refractivity contribution in [3.05, 3.63) is 91.0 Å². The first-order valence-corrected chi connectivity index (χ1v) is 9.46. The third kappa shape index (κ3) is 8.72. The summed E-state index contributed by atoms with van der Waals surface area (Å²) in [5, 5.41) is 0. The van der Waals surface area contributed by atoms with Crippen LogP contribution in [0, 0.1) is 0 Å². The Morgan fingerprint density at radius 2 is 0.778 bits per heavy atom. The predicted octanol–water partition coefficient (Wildman–Crippen LogP) is 6.26. The number of para-hydroxylation sites is 3. The fourth-order valence-corrected chi connectivity index (χ4v) is 3.14. The fourth-order valence-electron chi connectivity index (χ4n) is 1.89. The molecule has 0 atom stereocenters. The standard InChI is InChI=1S/C18H15O4P.Cl2O.Se/c19-23(20-16-10-4-1-5-11-16,21-17-12-6-2-7-13-17)22-18-14-8-3-9-15-18;1-3-2;/h1-15H;;. The second-order valence-electron chi connectivity index (χ2n) is 4.72. The van der Waals surface area contributed by atoms with Gasteiger partial charge in [0, 0.05) is 17.1 Å². The molecule has 142 valence electrons. The monoisotopic (exact) mass is 492 g/mol. The quantitative estimate of drug-likeness (QED) is 0.301. The summed E-state index contributed by atoms with van der Waals surface area (Å²) in [7, 11) is -3.89. The number of rotatable bonds is 6. The molecule has 27 heavy (non-hydrogen) atoms. The summed E-state index contributed by atoms with van der Waals surface area (Å²) < 4.78 is 32.8. The van der Waals surface area contributed by atoms with Gasteiger partial charge in [-0.05, 0) is 36.4 Å². The van der Waals surface area contributed by atoms with Gasteiger partial charge in [-0.15, -0.1) is 0 Å². The first-order valence-electron chi connectivity index (χ1n) is 7.38. The number of benzene rings is 3. The van der Waals surface area contributed by atoms with Crippen molar-refractivity contribution in [3.8, 4) is 17.2 Å². The van der Waals surface area contributed by atoms with Crippen molar-refractivity contribution in [1.82, 2.24) is 0 Å². The Morgan fingerprint density at radius 1 is 0.556 bits per heavy atom. The van der Waals surface area contributed by atoms with Crippen molar-refractivity contribution >= 4 is 48.6 Å². The zero-order valence-electron chi connectivity index (χ0n) is 13.8. The van der Waals surface area contributed by atoms with Gasteiger partial charge in [-0.3, -0.25) is 0 Å². The van der Waals surface area contributed by atoms with Gasteiger partial charge in [0.1, 0.15) is 17.2 Å². The van der Waals surface area contributed by atoms with E-state index in [-0.39, 0.29) is 17.1 Å². The molecule has 0 unspecified atom stereocenters. The van der Waals surface area contributed by atoms with Crippen molar-refractivity contribution in [3.63, 3.8) is 0 Å². The van der Waals surface area contributed by atoms with Crippen LogP contribution in [0.25, 0.3) is 0 Å². The minimum Gasteiger partial charge on any atom is -0.386 e. The number of phosphoric acid groups is 1. The normalized spacial score (nSPS) is 9.85. The third-order valence-corrected chi connectivity index (χ3v) is 4.18. The Bertz CT molecular complexity index is 702. The van der Waals surface area contributed by atoms with Gasteiger partial charge < -0.3 is 13.6 Å². The van der Waals surface area contributed by atoms with Crippen molar-refractivity contribution in [2.24, 2.45) is 0 Å². The molecular weight excluding hydrogens is 477 g/mol. The van der Waals surface area contributed by atoms with E-state index in [9.17, 15) is 4.57 Å². The van der Waals surface area contributed by atoms with E-state index in [1.807, 2.05) is 18.2 Å². The summed E-state index contributed by atoms with van der Waals surface area (Å²) >= 11 is 8.53. The van der Waals surface area contributed by atoms with Crippen LogP contribution in [0.5, 0.6) is 17.2 Å².